The van der Waals surface area contributed by atoms with E-state index < -0.39 is 0 Å². The maximum absolute atomic E-state index is 11.6. The van der Waals surface area contributed by atoms with Crippen LogP contribution in [0.1, 0.15) is 24.8 Å². The Hall–Kier alpha value is -2.10. The number of carbonyl (C=O) groups excluding carboxylic acids is 2. The van der Waals surface area contributed by atoms with Crippen molar-refractivity contribution in [1.82, 2.24) is 0 Å². The van der Waals surface area contributed by atoms with Crippen molar-refractivity contribution in [2.24, 2.45) is 0 Å². The van der Waals surface area contributed by atoms with Crippen LogP contribution in [0.5, 0.6) is 0 Å². The summed E-state index contributed by atoms with van der Waals surface area (Å²) >= 11 is 0. The molecule has 1 fully saturated rings. The van der Waals surface area contributed by atoms with Crippen molar-refractivity contribution in [1.29, 1.82) is 0 Å². The van der Waals surface area contributed by atoms with Crippen LogP contribution in [0.25, 0.3) is 6.08 Å². The van der Waals surface area contributed by atoms with Crippen LogP contribution in [-0.4, -0.2) is 24.6 Å². The van der Waals surface area contributed by atoms with Gasteiger partial charge >= 0.3 is 11.9 Å². The molecule has 2 rings (SSSR count). The van der Waals surface area contributed by atoms with Crippen molar-refractivity contribution in [2.45, 2.75) is 25.4 Å². The smallest absolute Gasteiger partial charge is 0.331 e. The number of esters is 2. The minimum atomic E-state index is -0.386. The zero-order valence-corrected chi connectivity index (χ0v) is 10.6. The second-order valence-corrected chi connectivity index (χ2v) is 4.35. The highest BCUT2D eigenvalue weighted by atomic mass is 16.6. The number of benzene rings is 1. The van der Waals surface area contributed by atoms with Crippen LogP contribution < -0.4 is 0 Å². The lowest BCUT2D eigenvalue weighted by molar-refractivity contribution is -0.143. The van der Waals surface area contributed by atoms with Gasteiger partial charge in [0.05, 0.1) is 6.61 Å². The molecule has 0 radical (unpaired) electrons. The predicted octanol–water partition coefficient (Wildman–Crippen LogP) is 2.34. The average Bonchev–Trinajstić information content (AvgIpc) is 2.63. The molecule has 0 aromatic heterocycles. The lowest BCUT2D eigenvalue weighted by atomic mass is 10.1. The largest absolute Gasteiger partial charge is 0.466 e. The Bertz CT molecular complexity index is 464. The van der Waals surface area contributed by atoms with Gasteiger partial charge in [-0.3, -0.25) is 4.79 Å². The highest BCUT2D eigenvalue weighted by molar-refractivity contribution is 5.87. The minimum Gasteiger partial charge on any atom is -0.466 e. The third-order valence-electron chi connectivity index (χ3n) is 2.87. The Morgan fingerprint density at radius 1 is 1.26 bits per heavy atom. The van der Waals surface area contributed by atoms with E-state index in [2.05, 4.69) is 0 Å². The lowest BCUT2D eigenvalue weighted by Gasteiger charge is -2.12. The quantitative estimate of drug-likeness (QED) is 0.618. The van der Waals surface area contributed by atoms with E-state index in [1.165, 1.54) is 6.08 Å². The molecular weight excluding hydrogens is 244 g/mol. The highest BCUT2D eigenvalue weighted by Gasteiger charge is 2.19. The van der Waals surface area contributed by atoms with Crippen molar-refractivity contribution in [3.63, 3.8) is 0 Å². The van der Waals surface area contributed by atoms with Gasteiger partial charge < -0.3 is 9.47 Å². The molecule has 100 valence electrons. The maximum atomic E-state index is 11.6. The standard InChI is InChI=1S/C15H16O4/c16-14-9-7-13(10-11-18-14)19-15(17)8-6-12-4-2-1-3-5-12/h1-6,8,13H,7,9-11H2/b8-6+. The lowest BCUT2D eigenvalue weighted by Crippen LogP contribution is -2.16. The molecule has 1 aromatic carbocycles. The summed E-state index contributed by atoms with van der Waals surface area (Å²) in [6, 6.07) is 9.53. The zero-order chi connectivity index (χ0) is 13.5. The van der Waals surface area contributed by atoms with Crippen LogP contribution in [0.2, 0.25) is 0 Å². The molecule has 0 saturated carbocycles. The van der Waals surface area contributed by atoms with Crippen LogP contribution in [0.3, 0.4) is 0 Å². The summed E-state index contributed by atoms with van der Waals surface area (Å²) in [4.78, 5) is 22.7. The summed E-state index contributed by atoms with van der Waals surface area (Å²) in [5.74, 6) is -0.610. The molecule has 0 spiro atoms. The fourth-order valence-electron chi connectivity index (χ4n) is 1.85. The Morgan fingerprint density at radius 2 is 2.05 bits per heavy atom. The SMILES string of the molecule is O=C(/C=C/c1ccccc1)OC1CCOC(=O)CC1. The first-order chi connectivity index (χ1) is 9.24. The molecule has 4 nitrogen and oxygen atoms in total. The molecule has 1 aliphatic heterocycles. The Morgan fingerprint density at radius 3 is 2.84 bits per heavy atom. The Kier molecular flexibility index (Phi) is 4.72. The highest BCUT2D eigenvalue weighted by Crippen LogP contribution is 2.13. The summed E-state index contributed by atoms with van der Waals surface area (Å²) in [7, 11) is 0. The number of rotatable bonds is 3. The normalized spacial score (nSPS) is 19.8. The van der Waals surface area contributed by atoms with Crippen molar-refractivity contribution >= 4 is 18.0 Å². The Labute approximate surface area is 112 Å². The predicted molar refractivity (Wildman–Crippen MR) is 70.2 cm³/mol. The van der Waals surface area contributed by atoms with Crippen LogP contribution >= 0.6 is 0 Å². The third-order valence-corrected chi connectivity index (χ3v) is 2.87. The monoisotopic (exact) mass is 260 g/mol. The van der Waals surface area contributed by atoms with E-state index in [1.54, 1.807) is 6.08 Å². The number of cyclic esters (lactones) is 1. The van der Waals surface area contributed by atoms with Gasteiger partial charge in [-0.05, 0) is 18.1 Å². The molecule has 4 heteroatoms. The number of hydrogen-bond acceptors (Lipinski definition) is 4. The molecule has 0 aliphatic carbocycles. The average molecular weight is 260 g/mol. The molecule has 1 saturated heterocycles. The van der Waals surface area contributed by atoms with E-state index >= 15 is 0 Å². The minimum absolute atomic E-state index is 0.224. The maximum Gasteiger partial charge on any atom is 0.331 e. The second kappa shape index (κ2) is 6.73. The van der Waals surface area contributed by atoms with Crippen molar-refractivity contribution < 1.29 is 19.1 Å². The van der Waals surface area contributed by atoms with Crippen molar-refractivity contribution in [2.75, 3.05) is 6.61 Å². The number of carbonyl (C=O) groups is 2. The molecule has 1 atom stereocenters. The Balaban J connectivity index is 1.84. The van der Waals surface area contributed by atoms with Gasteiger partial charge in [-0.25, -0.2) is 4.79 Å². The van der Waals surface area contributed by atoms with E-state index in [9.17, 15) is 9.59 Å². The van der Waals surface area contributed by atoms with Crippen LogP contribution in [0.4, 0.5) is 0 Å². The van der Waals surface area contributed by atoms with Crippen LogP contribution in [0, 0.1) is 0 Å². The summed E-state index contributed by atoms with van der Waals surface area (Å²) in [6.07, 6.45) is 4.28. The third kappa shape index (κ3) is 4.58. The van der Waals surface area contributed by atoms with Gasteiger partial charge in [-0.2, -0.15) is 0 Å². The van der Waals surface area contributed by atoms with Crippen molar-refractivity contribution in [3.05, 3.63) is 42.0 Å². The van der Waals surface area contributed by atoms with Gasteiger partial charge in [0.15, 0.2) is 0 Å². The fourth-order valence-corrected chi connectivity index (χ4v) is 1.85. The second-order valence-electron chi connectivity index (χ2n) is 4.35. The molecular formula is C15H16O4. The molecule has 19 heavy (non-hydrogen) atoms. The van der Waals surface area contributed by atoms with Gasteiger partial charge in [0.2, 0.25) is 0 Å². The van der Waals surface area contributed by atoms with Gasteiger partial charge in [0.1, 0.15) is 6.10 Å². The molecule has 1 unspecified atom stereocenters. The summed E-state index contributed by atoms with van der Waals surface area (Å²) in [6.45, 7) is 0.319. The van der Waals surface area contributed by atoms with E-state index in [0.29, 0.717) is 25.9 Å². The number of ether oxygens (including phenoxy) is 2. The molecule has 0 N–H and O–H groups in total. The van der Waals surface area contributed by atoms with E-state index in [4.69, 9.17) is 9.47 Å². The molecule has 1 heterocycles. The first kappa shape index (κ1) is 13.3. The molecule has 1 aromatic rings. The van der Waals surface area contributed by atoms with Gasteiger partial charge in [-0.15, -0.1) is 0 Å². The fraction of sp³-hybridized carbons (Fsp3) is 0.333. The summed E-state index contributed by atoms with van der Waals surface area (Å²) in [5.41, 5.74) is 0.943. The summed E-state index contributed by atoms with van der Waals surface area (Å²) < 4.78 is 10.2. The van der Waals surface area contributed by atoms with Gasteiger partial charge in [0, 0.05) is 18.9 Å². The zero-order valence-electron chi connectivity index (χ0n) is 10.6. The van der Waals surface area contributed by atoms with Crippen LogP contribution in [0.15, 0.2) is 36.4 Å². The summed E-state index contributed by atoms with van der Waals surface area (Å²) in [5, 5.41) is 0. The molecule has 0 bridgehead atoms. The van der Waals surface area contributed by atoms with E-state index in [1.807, 2.05) is 30.3 Å². The van der Waals surface area contributed by atoms with Crippen molar-refractivity contribution in [3.8, 4) is 0 Å². The van der Waals surface area contributed by atoms with Gasteiger partial charge in [-0.1, -0.05) is 30.3 Å². The van der Waals surface area contributed by atoms with E-state index in [0.717, 1.165) is 5.56 Å². The van der Waals surface area contributed by atoms with E-state index in [-0.39, 0.29) is 18.0 Å². The first-order valence-corrected chi connectivity index (χ1v) is 6.33. The molecule has 1 aliphatic rings. The molecule has 0 amide bonds. The number of hydrogen-bond donors (Lipinski definition) is 0. The topological polar surface area (TPSA) is 52.6 Å². The first-order valence-electron chi connectivity index (χ1n) is 6.33. The van der Waals surface area contributed by atoms with Gasteiger partial charge in [0.25, 0.3) is 0 Å². The van der Waals surface area contributed by atoms with Crippen LogP contribution in [-0.2, 0) is 19.1 Å².